The van der Waals surface area contributed by atoms with Gasteiger partial charge in [0.1, 0.15) is 5.69 Å². The second-order valence-electron chi connectivity index (χ2n) is 4.44. The molecule has 110 valence electrons. The Labute approximate surface area is 132 Å². The van der Waals surface area contributed by atoms with Crippen molar-refractivity contribution >= 4 is 34.7 Å². The molecule has 0 heterocycles. The van der Waals surface area contributed by atoms with Crippen LogP contribution in [0.3, 0.4) is 0 Å². The third-order valence-corrected chi connectivity index (χ3v) is 4.43. The van der Waals surface area contributed by atoms with Crippen molar-refractivity contribution in [2.24, 2.45) is 0 Å². The van der Waals surface area contributed by atoms with E-state index in [1.54, 1.807) is 24.9 Å². The van der Waals surface area contributed by atoms with Gasteiger partial charge in [-0.05, 0) is 23.3 Å². The number of halogens is 1. The van der Waals surface area contributed by atoms with E-state index in [9.17, 15) is 10.1 Å². The van der Waals surface area contributed by atoms with Crippen LogP contribution in [0, 0.1) is 10.1 Å². The van der Waals surface area contributed by atoms with Crippen LogP contribution in [0.15, 0.2) is 42.5 Å². The number of hydrogen-bond acceptors (Lipinski definition) is 4. The first-order valence-corrected chi connectivity index (χ1v) is 7.91. The zero-order valence-electron chi connectivity index (χ0n) is 11.5. The summed E-state index contributed by atoms with van der Waals surface area (Å²) in [6.45, 7) is 0. The maximum atomic E-state index is 10.9. The molecular formula is C15H15ClN2O2S. The molecule has 2 aromatic rings. The Morgan fingerprint density at radius 3 is 2.67 bits per heavy atom. The highest BCUT2D eigenvalue weighted by Gasteiger charge is 2.12. The zero-order valence-corrected chi connectivity index (χ0v) is 13.1. The predicted octanol–water partition coefficient (Wildman–Crippen LogP) is 4.72. The van der Waals surface area contributed by atoms with Crippen molar-refractivity contribution < 1.29 is 4.92 Å². The van der Waals surface area contributed by atoms with Gasteiger partial charge < -0.3 is 5.32 Å². The first-order valence-electron chi connectivity index (χ1n) is 6.38. The molecule has 0 saturated heterocycles. The van der Waals surface area contributed by atoms with Crippen LogP contribution in [0.25, 0.3) is 0 Å². The smallest absolute Gasteiger partial charge is 0.292 e. The van der Waals surface area contributed by atoms with Crippen molar-refractivity contribution in [1.82, 2.24) is 0 Å². The average molecular weight is 323 g/mol. The highest BCUT2D eigenvalue weighted by atomic mass is 35.5. The second-order valence-corrected chi connectivity index (χ2v) is 5.84. The fourth-order valence-electron chi connectivity index (χ4n) is 1.93. The summed E-state index contributed by atoms with van der Waals surface area (Å²) in [6, 6.07) is 12.9. The third-order valence-electron chi connectivity index (χ3n) is 3.01. The van der Waals surface area contributed by atoms with E-state index < -0.39 is 0 Å². The number of benzene rings is 2. The van der Waals surface area contributed by atoms with E-state index in [0.717, 1.165) is 27.7 Å². The Morgan fingerprint density at radius 2 is 2.00 bits per heavy atom. The summed E-state index contributed by atoms with van der Waals surface area (Å²) in [7, 11) is 1.68. The van der Waals surface area contributed by atoms with E-state index in [4.69, 9.17) is 11.6 Å². The molecule has 21 heavy (non-hydrogen) atoms. The van der Waals surface area contributed by atoms with Gasteiger partial charge in [-0.3, -0.25) is 10.1 Å². The molecule has 0 radical (unpaired) electrons. The standard InChI is InChI=1S/C15H15ClN2O2S/c1-17-14-8-11(6-7-15(14)18(19)20)9-21-10-12-4-2-3-5-13(12)16/h2-8,17H,9-10H2,1H3. The van der Waals surface area contributed by atoms with Crippen molar-refractivity contribution in [2.75, 3.05) is 12.4 Å². The molecule has 0 aliphatic heterocycles. The lowest BCUT2D eigenvalue weighted by Crippen LogP contribution is -1.97. The van der Waals surface area contributed by atoms with E-state index in [2.05, 4.69) is 5.32 Å². The summed E-state index contributed by atoms with van der Waals surface area (Å²) in [4.78, 5) is 10.5. The average Bonchev–Trinajstić information content (AvgIpc) is 2.48. The minimum atomic E-state index is -0.382. The van der Waals surface area contributed by atoms with Crippen LogP contribution in [0.4, 0.5) is 11.4 Å². The number of nitro groups is 1. The van der Waals surface area contributed by atoms with Crippen molar-refractivity contribution in [3.63, 3.8) is 0 Å². The van der Waals surface area contributed by atoms with Crippen molar-refractivity contribution in [1.29, 1.82) is 0 Å². The fraction of sp³-hybridized carbons (Fsp3) is 0.200. The Bertz CT molecular complexity index is 649. The first-order chi connectivity index (χ1) is 10.1. The summed E-state index contributed by atoms with van der Waals surface area (Å²) >= 11 is 7.84. The molecule has 0 aromatic heterocycles. The number of nitro benzene ring substituents is 1. The second kappa shape index (κ2) is 7.33. The van der Waals surface area contributed by atoms with Gasteiger partial charge in [0.05, 0.1) is 4.92 Å². The monoisotopic (exact) mass is 322 g/mol. The molecule has 0 saturated carbocycles. The van der Waals surface area contributed by atoms with Crippen molar-refractivity contribution in [3.8, 4) is 0 Å². The molecule has 0 aliphatic carbocycles. The molecule has 0 aliphatic rings. The maximum absolute atomic E-state index is 10.9. The number of anilines is 1. The first kappa shape index (κ1) is 15.7. The number of hydrogen-bond donors (Lipinski definition) is 1. The zero-order chi connectivity index (χ0) is 15.2. The molecule has 0 amide bonds. The topological polar surface area (TPSA) is 55.2 Å². The maximum Gasteiger partial charge on any atom is 0.292 e. The van der Waals surface area contributed by atoms with E-state index >= 15 is 0 Å². The van der Waals surface area contributed by atoms with Gasteiger partial charge >= 0.3 is 0 Å². The fourth-order valence-corrected chi connectivity index (χ4v) is 3.20. The molecule has 4 nitrogen and oxygen atoms in total. The molecule has 0 fully saturated rings. The summed E-state index contributed by atoms with van der Waals surface area (Å²) < 4.78 is 0. The van der Waals surface area contributed by atoms with Crippen LogP contribution in [0.5, 0.6) is 0 Å². The van der Waals surface area contributed by atoms with Crippen LogP contribution in [0.2, 0.25) is 5.02 Å². The molecule has 2 aromatic carbocycles. The van der Waals surface area contributed by atoms with Gasteiger partial charge in [0, 0.05) is 29.6 Å². The minimum absolute atomic E-state index is 0.0948. The molecular weight excluding hydrogens is 308 g/mol. The lowest BCUT2D eigenvalue weighted by molar-refractivity contribution is -0.383. The van der Waals surface area contributed by atoms with Gasteiger partial charge in [-0.25, -0.2) is 0 Å². The van der Waals surface area contributed by atoms with Crippen LogP contribution in [-0.4, -0.2) is 12.0 Å². The van der Waals surface area contributed by atoms with E-state index in [0.29, 0.717) is 5.69 Å². The van der Waals surface area contributed by atoms with Gasteiger partial charge in [-0.2, -0.15) is 11.8 Å². The molecule has 0 atom stereocenters. The van der Waals surface area contributed by atoms with Crippen LogP contribution >= 0.6 is 23.4 Å². The Balaban J connectivity index is 2.01. The van der Waals surface area contributed by atoms with Crippen LogP contribution in [0.1, 0.15) is 11.1 Å². The van der Waals surface area contributed by atoms with Gasteiger partial charge in [0.25, 0.3) is 5.69 Å². The number of nitrogens with one attached hydrogen (secondary N) is 1. The predicted molar refractivity (Wildman–Crippen MR) is 89.1 cm³/mol. The van der Waals surface area contributed by atoms with Gasteiger partial charge in [0.2, 0.25) is 0 Å². The highest BCUT2D eigenvalue weighted by molar-refractivity contribution is 7.97. The molecule has 6 heteroatoms. The SMILES string of the molecule is CNc1cc(CSCc2ccccc2Cl)ccc1[N+](=O)[O-]. The van der Waals surface area contributed by atoms with E-state index in [1.807, 2.05) is 30.3 Å². The minimum Gasteiger partial charge on any atom is -0.383 e. The lowest BCUT2D eigenvalue weighted by atomic mass is 10.2. The Kier molecular flexibility index (Phi) is 5.47. The number of nitrogens with zero attached hydrogens (tertiary/aromatic N) is 1. The van der Waals surface area contributed by atoms with E-state index in [1.165, 1.54) is 6.07 Å². The van der Waals surface area contributed by atoms with Crippen LogP contribution < -0.4 is 5.32 Å². The third kappa shape index (κ3) is 4.12. The van der Waals surface area contributed by atoms with Gasteiger partial charge in [0.15, 0.2) is 0 Å². The number of thioether (sulfide) groups is 1. The van der Waals surface area contributed by atoms with Gasteiger partial charge in [-0.15, -0.1) is 0 Å². The normalized spacial score (nSPS) is 10.4. The summed E-state index contributed by atoms with van der Waals surface area (Å²) in [5.41, 5.74) is 2.77. The summed E-state index contributed by atoms with van der Waals surface area (Å²) in [5, 5.41) is 14.5. The highest BCUT2D eigenvalue weighted by Crippen LogP contribution is 2.28. The van der Waals surface area contributed by atoms with E-state index in [-0.39, 0.29) is 10.6 Å². The lowest BCUT2D eigenvalue weighted by Gasteiger charge is -2.07. The van der Waals surface area contributed by atoms with Crippen molar-refractivity contribution in [3.05, 3.63) is 68.7 Å². The summed E-state index contributed by atoms with van der Waals surface area (Å²) in [6.07, 6.45) is 0. The molecule has 1 N–H and O–H groups in total. The summed E-state index contributed by atoms with van der Waals surface area (Å²) in [5.74, 6) is 1.59. The Morgan fingerprint density at radius 1 is 1.24 bits per heavy atom. The van der Waals surface area contributed by atoms with Crippen molar-refractivity contribution in [2.45, 2.75) is 11.5 Å². The number of rotatable bonds is 6. The molecule has 2 rings (SSSR count). The Hall–Kier alpha value is -1.72. The van der Waals surface area contributed by atoms with Crippen LogP contribution in [-0.2, 0) is 11.5 Å². The molecule has 0 spiro atoms. The molecule has 0 unspecified atom stereocenters. The quantitative estimate of drug-likeness (QED) is 0.617. The largest absolute Gasteiger partial charge is 0.383 e. The molecule has 0 bridgehead atoms. The van der Waals surface area contributed by atoms with Gasteiger partial charge in [-0.1, -0.05) is 35.9 Å².